The number of nitrogens with one attached hydrogen (secondary N) is 1. The maximum Gasteiger partial charge on any atom is 0.387 e. The molecule has 0 fully saturated rings. The second kappa shape index (κ2) is 7.91. The average Bonchev–Trinajstić information content (AvgIpc) is 3.25. The molecule has 1 aromatic carbocycles. The van der Waals surface area contributed by atoms with Crippen molar-refractivity contribution in [3.8, 4) is 23.1 Å². The molecule has 1 N–H and O–H groups in total. The number of benzene rings is 1. The molecule has 10 heteroatoms. The van der Waals surface area contributed by atoms with Crippen LogP contribution in [0.2, 0.25) is 0 Å². The quantitative estimate of drug-likeness (QED) is 0.494. The Bertz CT molecular complexity index is 951. The molecule has 0 radical (unpaired) electrons. The first kappa shape index (κ1) is 17.8. The molecule has 0 aliphatic carbocycles. The minimum Gasteiger partial charge on any atom is -0.490 e. The lowest BCUT2D eigenvalue weighted by atomic mass is 10.2. The molecule has 2 heterocycles. The van der Waals surface area contributed by atoms with Gasteiger partial charge in [-0.1, -0.05) is 6.07 Å². The molecular formula is C16H14F2N4O3S. The van der Waals surface area contributed by atoms with Crippen LogP contribution in [-0.4, -0.2) is 34.3 Å². The van der Waals surface area contributed by atoms with Crippen LogP contribution in [0.25, 0.3) is 11.6 Å². The maximum atomic E-state index is 12.8. The van der Waals surface area contributed by atoms with Gasteiger partial charge in [0.25, 0.3) is 0 Å². The number of aromatic nitrogens is 3. The normalized spacial score (nSPS) is 11.4. The summed E-state index contributed by atoms with van der Waals surface area (Å²) in [4.78, 5) is 0. The third kappa shape index (κ3) is 3.80. The zero-order valence-corrected chi connectivity index (χ0v) is 14.4. The molecule has 7 nitrogen and oxygen atoms in total. The smallest absolute Gasteiger partial charge is 0.387 e. The van der Waals surface area contributed by atoms with Gasteiger partial charge in [0.1, 0.15) is 0 Å². The number of para-hydroxylation sites is 1. The second-order valence-corrected chi connectivity index (χ2v) is 5.26. The highest BCUT2D eigenvalue weighted by atomic mass is 32.1. The van der Waals surface area contributed by atoms with Gasteiger partial charge in [-0.3, -0.25) is 0 Å². The van der Waals surface area contributed by atoms with Crippen LogP contribution >= 0.6 is 12.2 Å². The molecule has 0 spiro atoms. The third-order valence-electron chi connectivity index (χ3n) is 3.22. The summed E-state index contributed by atoms with van der Waals surface area (Å²) in [5.41, 5.74) is 0.296. The van der Waals surface area contributed by atoms with Crippen molar-refractivity contribution >= 4 is 18.4 Å². The Labute approximate surface area is 151 Å². The Morgan fingerprint density at radius 1 is 1.38 bits per heavy atom. The van der Waals surface area contributed by atoms with Gasteiger partial charge in [-0.05, 0) is 43.4 Å². The molecule has 0 bridgehead atoms. The highest BCUT2D eigenvalue weighted by molar-refractivity contribution is 7.71. The number of halogens is 2. The molecule has 2 aromatic heterocycles. The monoisotopic (exact) mass is 380 g/mol. The Balaban J connectivity index is 2.00. The van der Waals surface area contributed by atoms with E-state index in [4.69, 9.17) is 21.4 Å². The van der Waals surface area contributed by atoms with Crippen LogP contribution in [0.15, 0.2) is 46.1 Å². The number of aromatic amines is 1. The van der Waals surface area contributed by atoms with E-state index >= 15 is 0 Å². The number of nitrogens with zero attached hydrogens (tertiary/aromatic N) is 3. The minimum absolute atomic E-state index is 0.109. The van der Waals surface area contributed by atoms with E-state index in [1.54, 1.807) is 31.2 Å². The van der Waals surface area contributed by atoms with Crippen molar-refractivity contribution < 1.29 is 22.7 Å². The van der Waals surface area contributed by atoms with Crippen molar-refractivity contribution in [2.45, 2.75) is 13.5 Å². The molecule has 3 aromatic rings. The molecular weight excluding hydrogens is 366 g/mol. The summed E-state index contributed by atoms with van der Waals surface area (Å²) in [5, 5.41) is 10.9. The van der Waals surface area contributed by atoms with Crippen molar-refractivity contribution in [2.75, 3.05) is 6.61 Å². The molecule has 0 saturated heterocycles. The number of H-pyrrole nitrogens is 1. The van der Waals surface area contributed by atoms with E-state index in [1.165, 1.54) is 23.2 Å². The molecule has 0 aliphatic heterocycles. The van der Waals surface area contributed by atoms with Gasteiger partial charge in [0.15, 0.2) is 17.3 Å². The number of ether oxygens (including phenoxy) is 2. The topological polar surface area (TPSA) is 77.6 Å². The fourth-order valence-corrected chi connectivity index (χ4v) is 2.38. The molecule has 0 aliphatic rings. The van der Waals surface area contributed by atoms with Crippen molar-refractivity contribution in [3.63, 3.8) is 0 Å². The Kier molecular flexibility index (Phi) is 5.42. The number of furan rings is 1. The molecule has 0 atom stereocenters. The van der Waals surface area contributed by atoms with Crippen LogP contribution < -0.4 is 9.47 Å². The highest BCUT2D eigenvalue weighted by Crippen LogP contribution is 2.32. The van der Waals surface area contributed by atoms with Crippen LogP contribution in [0.3, 0.4) is 0 Å². The first-order valence-electron chi connectivity index (χ1n) is 7.56. The van der Waals surface area contributed by atoms with Gasteiger partial charge in [-0.15, -0.1) is 5.10 Å². The van der Waals surface area contributed by atoms with Crippen molar-refractivity contribution in [2.24, 2.45) is 5.10 Å². The van der Waals surface area contributed by atoms with Crippen LogP contribution in [0, 0.1) is 4.77 Å². The van der Waals surface area contributed by atoms with Crippen LogP contribution in [0.5, 0.6) is 11.5 Å². The Morgan fingerprint density at radius 2 is 2.23 bits per heavy atom. The van der Waals surface area contributed by atoms with Crippen molar-refractivity contribution in [1.29, 1.82) is 0 Å². The van der Waals surface area contributed by atoms with Gasteiger partial charge in [0, 0.05) is 5.56 Å². The van der Waals surface area contributed by atoms with E-state index in [0.29, 0.717) is 23.8 Å². The van der Waals surface area contributed by atoms with Crippen molar-refractivity contribution in [1.82, 2.24) is 14.9 Å². The summed E-state index contributed by atoms with van der Waals surface area (Å²) in [6.45, 7) is -0.957. The standard InChI is InChI=1S/C16H14F2N4O3S/c1-2-23-11-6-3-5-10(13(11)25-15(17)18)9-19-22-14(20-21-16(22)26)12-7-4-8-24-12/h3-9,15H,2H2,1H3,(H,21,26)/b19-9-. The zero-order chi connectivity index (χ0) is 18.5. The van der Waals surface area contributed by atoms with Gasteiger partial charge >= 0.3 is 6.61 Å². The summed E-state index contributed by atoms with van der Waals surface area (Å²) >= 11 is 5.15. The lowest BCUT2D eigenvalue weighted by Gasteiger charge is -2.13. The molecule has 0 amide bonds. The van der Waals surface area contributed by atoms with E-state index in [1.807, 2.05) is 0 Å². The lowest BCUT2D eigenvalue weighted by molar-refractivity contribution is -0.0515. The first-order chi connectivity index (χ1) is 12.6. The molecule has 0 unspecified atom stereocenters. The average molecular weight is 380 g/mol. The van der Waals surface area contributed by atoms with Gasteiger partial charge in [-0.2, -0.15) is 18.6 Å². The van der Waals surface area contributed by atoms with Gasteiger partial charge in [0.2, 0.25) is 10.6 Å². The van der Waals surface area contributed by atoms with E-state index in [0.717, 1.165) is 0 Å². The van der Waals surface area contributed by atoms with E-state index in [9.17, 15) is 8.78 Å². The zero-order valence-electron chi connectivity index (χ0n) is 13.6. The van der Waals surface area contributed by atoms with Crippen LogP contribution in [-0.2, 0) is 0 Å². The molecule has 26 heavy (non-hydrogen) atoms. The Hall–Kier alpha value is -3.01. The molecule has 0 saturated carbocycles. The summed E-state index contributed by atoms with van der Waals surface area (Å²) in [6.07, 6.45) is 2.82. The number of hydrogen-bond donors (Lipinski definition) is 1. The van der Waals surface area contributed by atoms with E-state index in [2.05, 4.69) is 20.0 Å². The summed E-state index contributed by atoms with van der Waals surface area (Å²) in [5.74, 6) is 0.872. The van der Waals surface area contributed by atoms with Gasteiger partial charge < -0.3 is 13.9 Å². The molecule has 3 rings (SSSR count). The maximum absolute atomic E-state index is 12.8. The minimum atomic E-state index is -3.00. The van der Waals surface area contributed by atoms with Crippen LogP contribution in [0.4, 0.5) is 8.78 Å². The van der Waals surface area contributed by atoms with E-state index < -0.39 is 6.61 Å². The summed E-state index contributed by atoms with van der Waals surface area (Å²) in [7, 11) is 0. The number of rotatable bonds is 7. The fourth-order valence-electron chi connectivity index (χ4n) is 2.20. The van der Waals surface area contributed by atoms with Crippen LogP contribution in [0.1, 0.15) is 12.5 Å². The van der Waals surface area contributed by atoms with Gasteiger partial charge in [-0.25, -0.2) is 5.10 Å². The number of alkyl halides is 2. The molecule has 136 valence electrons. The SMILES string of the molecule is CCOc1cccc(/C=N\n2c(-c3ccco3)n[nH]c2=S)c1OC(F)F. The van der Waals surface area contributed by atoms with Crippen molar-refractivity contribution in [3.05, 3.63) is 46.9 Å². The summed E-state index contributed by atoms with van der Waals surface area (Å²) < 4.78 is 42.3. The second-order valence-electron chi connectivity index (χ2n) is 4.87. The number of hydrogen-bond acceptors (Lipinski definition) is 6. The Morgan fingerprint density at radius 3 is 2.92 bits per heavy atom. The largest absolute Gasteiger partial charge is 0.490 e. The highest BCUT2D eigenvalue weighted by Gasteiger charge is 2.15. The van der Waals surface area contributed by atoms with Gasteiger partial charge in [0.05, 0.1) is 19.1 Å². The third-order valence-corrected chi connectivity index (χ3v) is 3.48. The van der Waals surface area contributed by atoms with E-state index in [-0.39, 0.29) is 16.3 Å². The first-order valence-corrected chi connectivity index (χ1v) is 7.97. The predicted octanol–water partition coefficient (Wildman–Crippen LogP) is 4.08. The summed E-state index contributed by atoms with van der Waals surface area (Å²) in [6, 6.07) is 8.14. The lowest BCUT2D eigenvalue weighted by Crippen LogP contribution is -2.07. The predicted molar refractivity (Wildman–Crippen MR) is 92.3 cm³/mol. The fraction of sp³-hybridized carbons (Fsp3) is 0.188.